The highest BCUT2D eigenvalue weighted by Gasteiger charge is 2.35. The van der Waals surface area contributed by atoms with Gasteiger partial charge < -0.3 is 9.94 Å². The summed E-state index contributed by atoms with van der Waals surface area (Å²) in [5, 5.41) is 15.7. The molecular weight excluding hydrogens is 459 g/mol. The van der Waals surface area contributed by atoms with Gasteiger partial charge in [-0.2, -0.15) is 13.2 Å². The Labute approximate surface area is 190 Å². The maximum absolute atomic E-state index is 12.5. The lowest BCUT2D eigenvalue weighted by Crippen LogP contribution is -2.42. The molecule has 1 aliphatic heterocycles. The number of rotatable bonds is 7. The molecule has 0 bridgehead atoms. The summed E-state index contributed by atoms with van der Waals surface area (Å²) < 4.78 is 43.8. The number of aromatic amines is 1. The van der Waals surface area contributed by atoms with E-state index < -0.39 is 24.8 Å². The molecule has 3 N–H and O–H groups in total. The number of H-pyrrole nitrogens is 1. The van der Waals surface area contributed by atoms with Crippen LogP contribution in [0.2, 0.25) is 0 Å². The van der Waals surface area contributed by atoms with E-state index in [9.17, 15) is 28.1 Å². The highest BCUT2D eigenvalue weighted by atomic mass is 19.4. The average Bonchev–Trinajstić information content (AvgIpc) is 3.22. The first-order valence-corrected chi connectivity index (χ1v) is 10.4. The molecule has 1 aliphatic rings. The molecule has 0 aliphatic carbocycles. The number of esters is 1. The fourth-order valence-electron chi connectivity index (χ4n) is 3.75. The summed E-state index contributed by atoms with van der Waals surface area (Å²) in [6.45, 7) is -0.789. The number of nitrogens with zero attached hydrogens (tertiary/aromatic N) is 5. The fourth-order valence-corrected chi connectivity index (χ4v) is 3.75. The quantitative estimate of drug-likeness (QED) is 0.259. The van der Waals surface area contributed by atoms with Gasteiger partial charge in [0.2, 0.25) is 10.1 Å². The van der Waals surface area contributed by atoms with Crippen LogP contribution in [0.4, 0.5) is 19.1 Å². The van der Waals surface area contributed by atoms with Gasteiger partial charge in [-0.15, -0.1) is 0 Å². The van der Waals surface area contributed by atoms with Crippen LogP contribution < -0.4 is 14.6 Å². The Kier molecular flexibility index (Phi) is 6.58. The molecule has 0 amide bonds. The SMILES string of the molecule is O=C(CCNc1[nH][n+](=O)c2cc(-c3cncnc3)ccc2[n+]1O)OC1CCN(CC(F)(F)F)C1. The zero-order valence-electron chi connectivity index (χ0n) is 17.8. The number of halogens is 3. The summed E-state index contributed by atoms with van der Waals surface area (Å²) in [5.41, 5.74) is 1.72. The molecule has 1 aromatic carbocycles. The van der Waals surface area contributed by atoms with Crippen molar-refractivity contribution in [1.29, 1.82) is 0 Å². The zero-order chi connectivity index (χ0) is 24.3. The Hall–Kier alpha value is -3.81. The smallest absolute Gasteiger partial charge is 0.449 e. The number of hydrogen-bond donors (Lipinski definition) is 3. The number of ether oxygens (including phenoxy) is 1. The third kappa shape index (κ3) is 5.57. The molecule has 14 heteroatoms. The summed E-state index contributed by atoms with van der Waals surface area (Å²) in [6.07, 6.45) is -0.112. The summed E-state index contributed by atoms with van der Waals surface area (Å²) in [5.74, 6) is -0.662. The molecule has 1 atom stereocenters. The second kappa shape index (κ2) is 9.59. The maximum Gasteiger partial charge on any atom is 0.449 e. The van der Waals surface area contributed by atoms with Crippen molar-refractivity contribution < 1.29 is 37.2 Å². The van der Waals surface area contributed by atoms with E-state index in [-0.39, 0.29) is 43.0 Å². The minimum absolute atomic E-state index is 0.0137. The number of aromatic nitrogens is 5. The Bertz CT molecular complexity index is 1240. The van der Waals surface area contributed by atoms with Crippen molar-refractivity contribution in [1.82, 2.24) is 20.0 Å². The van der Waals surface area contributed by atoms with Crippen LogP contribution in [0.5, 0.6) is 0 Å². The van der Waals surface area contributed by atoms with Crippen LogP contribution in [0.1, 0.15) is 12.8 Å². The van der Waals surface area contributed by atoms with Crippen molar-refractivity contribution in [3.8, 4) is 11.1 Å². The van der Waals surface area contributed by atoms with Crippen molar-refractivity contribution in [2.75, 3.05) is 31.5 Å². The van der Waals surface area contributed by atoms with E-state index in [0.717, 1.165) is 4.73 Å². The lowest BCUT2D eigenvalue weighted by Gasteiger charge is -2.17. The van der Waals surface area contributed by atoms with Gasteiger partial charge in [0.15, 0.2) is 0 Å². The van der Waals surface area contributed by atoms with E-state index in [1.165, 1.54) is 11.2 Å². The lowest BCUT2D eigenvalue weighted by molar-refractivity contribution is -0.881. The number of carbonyl (C=O) groups is 1. The van der Waals surface area contributed by atoms with E-state index in [0.29, 0.717) is 22.1 Å². The molecule has 3 heterocycles. The van der Waals surface area contributed by atoms with E-state index in [1.807, 2.05) is 0 Å². The largest absolute Gasteiger partial charge is 0.461 e. The van der Waals surface area contributed by atoms with Crippen LogP contribution in [0.3, 0.4) is 0 Å². The Morgan fingerprint density at radius 2 is 2.03 bits per heavy atom. The predicted octanol–water partition coefficient (Wildman–Crippen LogP) is 1.05. The number of carbonyl (C=O) groups excluding carboxylic acids is 1. The standard InChI is InChI=1S/C20H21F3N7O4/c21-20(22,23)11-28-6-4-15(10-28)34-18(31)3-5-26-19-27-30(33)17-7-13(1-2-16(17)29(19)32)14-8-24-12-25-9-14/h1-2,7-9,12,15,32H,3-6,10-11H2,(H,26,27,33)/q+1/p+1. The number of alkyl halides is 3. The topological polar surface area (TPSA) is 130 Å². The van der Waals surface area contributed by atoms with Gasteiger partial charge in [0.25, 0.3) is 0 Å². The fraction of sp³-hybridized carbons (Fsp3) is 0.400. The van der Waals surface area contributed by atoms with Crippen LogP contribution in [0.25, 0.3) is 22.2 Å². The van der Waals surface area contributed by atoms with E-state index in [2.05, 4.69) is 20.4 Å². The van der Waals surface area contributed by atoms with Gasteiger partial charge in [-0.25, -0.2) is 9.97 Å². The number of benzene rings is 1. The van der Waals surface area contributed by atoms with Gasteiger partial charge >= 0.3 is 23.6 Å². The molecule has 180 valence electrons. The molecule has 34 heavy (non-hydrogen) atoms. The predicted molar refractivity (Wildman–Crippen MR) is 110 cm³/mol. The van der Waals surface area contributed by atoms with Gasteiger partial charge in [-0.1, -0.05) is 6.07 Å². The van der Waals surface area contributed by atoms with Crippen LogP contribution in [-0.2, 0) is 9.53 Å². The Balaban J connectivity index is 1.35. The van der Waals surface area contributed by atoms with Crippen molar-refractivity contribution in [3.05, 3.63) is 41.8 Å². The number of anilines is 1. The molecular formula is C20H22F3N7O4+2. The maximum atomic E-state index is 12.5. The van der Waals surface area contributed by atoms with E-state index >= 15 is 0 Å². The second-order valence-electron chi connectivity index (χ2n) is 7.82. The first-order valence-electron chi connectivity index (χ1n) is 10.4. The Morgan fingerprint density at radius 3 is 2.76 bits per heavy atom. The van der Waals surface area contributed by atoms with E-state index in [1.54, 1.807) is 30.6 Å². The van der Waals surface area contributed by atoms with E-state index in [4.69, 9.17) is 4.74 Å². The van der Waals surface area contributed by atoms with Gasteiger partial charge in [-0.05, 0) is 22.8 Å². The normalized spacial score (nSPS) is 16.6. The summed E-state index contributed by atoms with van der Waals surface area (Å²) >= 11 is 0. The first kappa shape index (κ1) is 23.4. The molecule has 0 radical (unpaired) electrons. The number of nitrogens with one attached hydrogen (secondary N) is 2. The summed E-state index contributed by atoms with van der Waals surface area (Å²) in [6, 6.07) is 4.81. The number of fused-ring (bicyclic) bond motifs is 1. The van der Waals surface area contributed by atoms with Gasteiger partial charge in [0.05, 0.1) is 24.4 Å². The second-order valence-corrected chi connectivity index (χ2v) is 7.82. The van der Waals surface area contributed by atoms with Crippen molar-refractivity contribution >= 4 is 23.0 Å². The first-order chi connectivity index (χ1) is 16.2. The molecule has 4 rings (SSSR count). The van der Waals surface area contributed by atoms with Gasteiger partial charge in [0, 0.05) is 42.2 Å². The van der Waals surface area contributed by atoms with Crippen LogP contribution in [0, 0.1) is 4.91 Å². The highest BCUT2D eigenvalue weighted by Crippen LogP contribution is 2.22. The molecule has 2 aromatic heterocycles. The van der Waals surface area contributed by atoms with Crippen LogP contribution in [0.15, 0.2) is 36.9 Å². The number of likely N-dealkylation sites (tertiary alicyclic amines) is 1. The van der Waals surface area contributed by atoms with Gasteiger partial charge in [-0.3, -0.25) is 15.0 Å². The third-order valence-corrected chi connectivity index (χ3v) is 5.29. The lowest BCUT2D eigenvalue weighted by atomic mass is 10.1. The van der Waals surface area contributed by atoms with Crippen LogP contribution >= 0.6 is 0 Å². The molecule has 1 fully saturated rings. The minimum Gasteiger partial charge on any atom is -0.461 e. The molecule has 0 spiro atoms. The monoisotopic (exact) mass is 481 g/mol. The molecule has 1 unspecified atom stereocenters. The van der Waals surface area contributed by atoms with Crippen molar-refractivity contribution in [3.63, 3.8) is 0 Å². The van der Waals surface area contributed by atoms with Crippen molar-refractivity contribution in [2.24, 2.45) is 0 Å². The average molecular weight is 481 g/mol. The Morgan fingerprint density at radius 1 is 1.26 bits per heavy atom. The van der Waals surface area contributed by atoms with Crippen LogP contribution in [-0.4, -0.2) is 69.6 Å². The summed E-state index contributed by atoms with van der Waals surface area (Å²) in [7, 11) is 0. The zero-order valence-corrected chi connectivity index (χ0v) is 17.8. The van der Waals surface area contributed by atoms with Crippen molar-refractivity contribution in [2.45, 2.75) is 25.1 Å². The molecule has 1 saturated heterocycles. The molecule has 3 aromatic rings. The van der Waals surface area contributed by atoms with Gasteiger partial charge in [0.1, 0.15) is 12.4 Å². The molecule has 0 saturated carbocycles. The number of hydrogen-bond acceptors (Lipinski definition) is 8. The third-order valence-electron chi connectivity index (χ3n) is 5.29. The minimum atomic E-state index is -4.30. The summed E-state index contributed by atoms with van der Waals surface area (Å²) in [4.78, 5) is 33.6. The molecule has 11 nitrogen and oxygen atoms in total. The highest BCUT2D eigenvalue weighted by molar-refractivity contribution is 5.76.